The average molecular weight is 349 g/mol. The molecule has 2 atom stereocenters. The Morgan fingerprint density at radius 3 is 2.65 bits per heavy atom. The van der Waals surface area contributed by atoms with Crippen LogP contribution in [0.2, 0.25) is 0 Å². The maximum atomic E-state index is 10.9. The number of nitrogens with one attached hydrogen (secondary N) is 1. The molecule has 2 unspecified atom stereocenters. The minimum atomic E-state index is -1.04. The summed E-state index contributed by atoms with van der Waals surface area (Å²) in [7, 11) is 1.60. The van der Waals surface area contributed by atoms with E-state index >= 15 is 0 Å². The Kier molecular flexibility index (Phi) is 5.70. The molecule has 5 heteroatoms. The first-order chi connectivity index (χ1) is 8.10. The molecule has 17 heavy (non-hydrogen) atoms. The maximum absolute atomic E-state index is 10.9. The number of hydrogen-bond acceptors (Lipinski definition) is 2. The van der Waals surface area contributed by atoms with Crippen LogP contribution in [0.4, 0.5) is 4.79 Å². The number of ether oxygens (including phenoxy) is 1. The molecule has 0 aromatic heterocycles. The molecule has 2 N–H and O–H groups in total. The molecular weight excluding hydrogens is 333 g/mol. The van der Waals surface area contributed by atoms with Crippen molar-refractivity contribution in [2.45, 2.75) is 25.5 Å². The molecule has 1 aromatic carbocycles. The lowest BCUT2D eigenvalue weighted by Gasteiger charge is -2.26. The van der Waals surface area contributed by atoms with Crippen molar-refractivity contribution >= 4 is 28.7 Å². The smallest absolute Gasteiger partial charge is 0.405 e. The molecular formula is C12H16INO3. The Hall–Kier alpha value is -0.820. The van der Waals surface area contributed by atoms with E-state index in [2.05, 4.69) is 27.9 Å². The molecule has 0 saturated carbocycles. The highest BCUT2D eigenvalue weighted by molar-refractivity contribution is 14.1. The normalized spacial score (nSPS) is 14.1. The summed E-state index contributed by atoms with van der Waals surface area (Å²) in [6.45, 7) is 1.97. The number of hydrogen-bond donors (Lipinski definition) is 2. The molecule has 94 valence electrons. The minimum absolute atomic E-state index is 0.165. The summed E-state index contributed by atoms with van der Waals surface area (Å²) in [5.41, 5.74) is 0.948. The van der Waals surface area contributed by atoms with Crippen molar-refractivity contribution in [1.82, 2.24) is 5.32 Å². The summed E-state index contributed by atoms with van der Waals surface area (Å²) in [6, 6.07) is 7.36. The fraction of sp³-hybridized carbons (Fsp3) is 0.417. The van der Waals surface area contributed by atoms with Crippen molar-refractivity contribution in [2.75, 3.05) is 7.11 Å². The zero-order valence-corrected chi connectivity index (χ0v) is 12.0. The third-order valence-electron chi connectivity index (χ3n) is 2.60. The van der Waals surface area contributed by atoms with E-state index < -0.39 is 6.09 Å². The van der Waals surface area contributed by atoms with Crippen LogP contribution in [0.25, 0.3) is 0 Å². The van der Waals surface area contributed by atoms with E-state index in [9.17, 15) is 4.79 Å². The molecule has 0 aliphatic carbocycles. The summed E-state index contributed by atoms with van der Waals surface area (Å²) < 4.78 is 6.37. The number of rotatable bonds is 5. The van der Waals surface area contributed by atoms with Gasteiger partial charge in [0.1, 0.15) is 0 Å². The number of carbonyl (C=O) groups is 1. The highest BCUT2D eigenvalue weighted by Gasteiger charge is 2.24. The van der Waals surface area contributed by atoms with Crippen molar-refractivity contribution in [3.05, 3.63) is 33.4 Å². The van der Waals surface area contributed by atoms with Gasteiger partial charge in [-0.15, -0.1) is 0 Å². The van der Waals surface area contributed by atoms with E-state index in [0.717, 1.165) is 15.6 Å². The fourth-order valence-electron chi connectivity index (χ4n) is 1.77. The zero-order valence-electron chi connectivity index (χ0n) is 9.81. The van der Waals surface area contributed by atoms with E-state index in [-0.39, 0.29) is 12.1 Å². The Balaban J connectivity index is 3.05. The zero-order chi connectivity index (χ0) is 12.8. The third kappa shape index (κ3) is 3.85. The van der Waals surface area contributed by atoms with Gasteiger partial charge in [0.2, 0.25) is 0 Å². The van der Waals surface area contributed by atoms with Crippen molar-refractivity contribution in [1.29, 1.82) is 0 Å². The van der Waals surface area contributed by atoms with Gasteiger partial charge in [-0.25, -0.2) is 4.79 Å². The summed E-state index contributed by atoms with van der Waals surface area (Å²) in [6.07, 6.45) is -0.459. The van der Waals surface area contributed by atoms with Crippen molar-refractivity contribution < 1.29 is 14.6 Å². The highest BCUT2D eigenvalue weighted by atomic mass is 127. The predicted octanol–water partition coefficient (Wildman–Crippen LogP) is 3.02. The second-order valence-corrected chi connectivity index (χ2v) is 4.79. The lowest BCUT2D eigenvalue weighted by Crippen LogP contribution is -2.36. The molecule has 1 amide bonds. The molecule has 0 fully saturated rings. The number of amides is 1. The van der Waals surface area contributed by atoms with Crippen LogP contribution < -0.4 is 5.32 Å². The Morgan fingerprint density at radius 2 is 2.18 bits per heavy atom. The van der Waals surface area contributed by atoms with Gasteiger partial charge >= 0.3 is 6.09 Å². The second kappa shape index (κ2) is 6.80. The van der Waals surface area contributed by atoms with Crippen molar-refractivity contribution in [2.24, 2.45) is 0 Å². The fourth-order valence-corrected chi connectivity index (χ4v) is 2.49. The van der Waals surface area contributed by atoms with Gasteiger partial charge in [0.15, 0.2) is 0 Å². The average Bonchev–Trinajstić information content (AvgIpc) is 2.29. The molecule has 0 radical (unpaired) electrons. The van der Waals surface area contributed by atoms with Gasteiger partial charge in [0.05, 0.1) is 12.1 Å². The third-order valence-corrected chi connectivity index (χ3v) is 3.58. The Morgan fingerprint density at radius 1 is 1.53 bits per heavy atom. The molecule has 0 bridgehead atoms. The van der Waals surface area contributed by atoms with Crippen LogP contribution >= 0.6 is 22.6 Å². The number of halogens is 1. The minimum Gasteiger partial charge on any atom is -0.465 e. The van der Waals surface area contributed by atoms with Gasteiger partial charge in [-0.1, -0.05) is 25.1 Å². The van der Waals surface area contributed by atoms with Crippen LogP contribution in [0.15, 0.2) is 24.3 Å². The Labute approximate surface area is 115 Å². The van der Waals surface area contributed by atoms with Gasteiger partial charge in [0.25, 0.3) is 0 Å². The second-order valence-electron chi connectivity index (χ2n) is 3.63. The molecule has 0 spiro atoms. The van der Waals surface area contributed by atoms with Gasteiger partial charge < -0.3 is 15.2 Å². The lowest BCUT2D eigenvalue weighted by molar-refractivity contribution is 0.0640. The van der Waals surface area contributed by atoms with Gasteiger partial charge in [0, 0.05) is 10.7 Å². The van der Waals surface area contributed by atoms with Crippen LogP contribution in [0.3, 0.4) is 0 Å². The first-order valence-corrected chi connectivity index (χ1v) is 6.44. The maximum Gasteiger partial charge on any atom is 0.405 e. The number of methoxy groups -OCH3 is 1. The standard InChI is InChI=1S/C12H16INO3/c1-3-10(17-2)11(14-12(15)16)8-6-4-5-7-9(8)13/h4-7,10-11,14H,3H2,1-2H3,(H,15,16). The number of carboxylic acid groups (broad SMARTS) is 1. The van der Waals surface area contributed by atoms with E-state index in [1.807, 2.05) is 31.2 Å². The topological polar surface area (TPSA) is 58.6 Å². The molecule has 0 saturated heterocycles. The Bertz CT molecular complexity index is 380. The van der Waals surface area contributed by atoms with E-state index in [0.29, 0.717) is 0 Å². The molecule has 4 nitrogen and oxygen atoms in total. The van der Waals surface area contributed by atoms with Crippen LogP contribution in [-0.4, -0.2) is 24.4 Å². The van der Waals surface area contributed by atoms with Gasteiger partial charge in [-0.05, 0) is 40.6 Å². The summed E-state index contributed by atoms with van der Waals surface area (Å²) >= 11 is 2.20. The van der Waals surface area contributed by atoms with Crippen LogP contribution in [-0.2, 0) is 4.74 Å². The van der Waals surface area contributed by atoms with Crippen molar-refractivity contribution in [3.8, 4) is 0 Å². The molecule has 0 aliphatic heterocycles. The van der Waals surface area contributed by atoms with Crippen LogP contribution in [0.5, 0.6) is 0 Å². The SMILES string of the molecule is CCC(OC)C(NC(=O)O)c1ccccc1I. The van der Waals surface area contributed by atoms with E-state index in [4.69, 9.17) is 9.84 Å². The largest absolute Gasteiger partial charge is 0.465 e. The molecule has 1 rings (SSSR count). The molecule has 1 aromatic rings. The predicted molar refractivity (Wildman–Crippen MR) is 74.1 cm³/mol. The van der Waals surface area contributed by atoms with E-state index in [1.54, 1.807) is 7.11 Å². The molecule has 0 aliphatic rings. The quantitative estimate of drug-likeness (QED) is 0.804. The van der Waals surface area contributed by atoms with Crippen LogP contribution in [0.1, 0.15) is 24.9 Å². The van der Waals surface area contributed by atoms with Gasteiger partial charge in [-0.2, -0.15) is 0 Å². The highest BCUT2D eigenvalue weighted by Crippen LogP contribution is 2.25. The monoisotopic (exact) mass is 349 g/mol. The summed E-state index contributed by atoms with van der Waals surface area (Å²) in [5, 5.41) is 11.4. The summed E-state index contributed by atoms with van der Waals surface area (Å²) in [4.78, 5) is 10.9. The van der Waals surface area contributed by atoms with Crippen molar-refractivity contribution in [3.63, 3.8) is 0 Å². The van der Waals surface area contributed by atoms with E-state index in [1.165, 1.54) is 0 Å². The summed E-state index contributed by atoms with van der Waals surface area (Å²) in [5.74, 6) is 0. The first-order valence-electron chi connectivity index (χ1n) is 5.36. The van der Waals surface area contributed by atoms with Crippen LogP contribution in [0, 0.1) is 3.57 Å². The number of benzene rings is 1. The first kappa shape index (κ1) is 14.2. The lowest BCUT2D eigenvalue weighted by atomic mass is 10.00. The van der Waals surface area contributed by atoms with Gasteiger partial charge in [-0.3, -0.25) is 0 Å². The molecule has 0 heterocycles.